The number of thiol groups is 1. The van der Waals surface area contributed by atoms with Crippen molar-refractivity contribution in [3.63, 3.8) is 0 Å². The van der Waals surface area contributed by atoms with Crippen LogP contribution in [0, 0.1) is 5.21 Å². The van der Waals surface area contributed by atoms with E-state index in [9.17, 15) is 40.7 Å². The molecule has 176 valence electrons. The Kier molecular flexibility index (Phi) is 17.0. The number of hydrogen-bond donors (Lipinski definition) is 3. The summed E-state index contributed by atoms with van der Waals surface area (Å²) in [5, 5.41) is 22.4. The standard InChI is InChI=1S/C11H15NO7S2.C5H9NO3S.2Na/c1-11(2,3)12(13)7-8-4-5-9(20(14,15)16)6-10(8)21(17,18)19;1-3(7)6-4(2-10)5(8)9;;/h4-7H,1-3H3,(H,14,15,16)(H,17,18,19);4,10H,2H2,1H3,(H,6,7)(H,8,9);;/q;;2*+1/p-2/b12-7+;;;/t;4-;;/m.0../s1. The van der Waals surface area contributed by atoms with Crippen LogP contribution in [0.1, 0.15) is 33.3 Å². The molecule has 0 radical (unpaired) electrons. The summed E-state index contributed by atoms with van der Waals surface area (Å²) in [4.78, 5) is 18.7. The number of carboxylic acids is 1. The van der Waals surface area contributed by atoms with Crippen molar-refractivity contribution in [2.24, 2.45) is 0 Å². The molecule has 1 aromatic carbocycles. The molecule has 1 aromatic rings. The molecule has 0 saturated heterocycles. The van der Waals surface area contributed by atoms with Crippen molar-refractivity contribution >= 4 is 51.0 Å². The smallest absolute Gasteiger partial charge is 0.744 e. The Hall–Kier alpha value is -0.200. The summed E-state index contributed by atoms with van der Waals surface area (Å²) in [5.74, 6) is -1.32. The molecule has 0 spiro atoms. The summed E-state index contributed by atoms with van der Waals surface area (Å²) in [6, 6.07) is 1.33. The maximum atomic E-state index is 11.8. The van der Waals surface area contributed by atoms with Crippen LogP contribution < -0.4 is 64.4 Å². The van der Waals surface area contributed by atoms with E-state index < -0.39 is 47.6 Å². The van der Waals surface area contributed by atoms with Crippen LogP contribution in [-0.2, 0) is 29.8 Å². The van der Waals surface area contributed by atoms with Gasteiger partial charge in [0.05, 0.1) is 15.4 Å². The summed E-state index contributed by atoms with van der Waals surface area (Å²) in [6.45, 7) is 5.92. The third-order valence-electron chi connectivity index (χ3n) is 3.32. The first-order valence-corrected chi connectivity index (χ1v) is 11.7. The van der Waals surface area contributed by atoms with E-state index in [4.69, 9.17) is 5.11 Å². The molecule has 0 aliphatic rings. The second kappa shape index (κ2) is 15.0. The summed E-state index contributed by atoms with van der Waals surface area (Å²) in [7, 11) is -9.98. The molecule has 12 nitrogen and oxygen atoms in total. The van der Waals surface area contributed by atoms with Gasteiger partial charge in [0.1, 0.15) is 26.3 Å². The van der Waals surface area contributed by atoms with Gasteiger partial charge in [-0.05, 0) is 18.2 Å². The van der Waals surface area contributed by atoms with Gasteiger partial charge >= 0.3 is 65.1 Å². The number of nitrogens with one attached hydrogen (secondary N) is 1. The van der Waals surface area contributed by atoms with E-state index in [0.29, 0.717) is 10.8 Å². The van der Waals surface area contributed by atoms with Gasteiger partial charge < -0.3 is 24.7 Å². The molecule has 0 fully saturated rings. The first-order valence-electron chi connectivity index (χ1n) is 8.28. The number of carboxylic acid groups (broad SMARTS) is 1. The number of hydrogen-bond acceptors (Lipinski definition) is 10. The van der Waals surface area contributed by atoms with E-state index in [1.165, 1.54) is 6.92 Å². The second-order valence-electron chi connectivity index (χ2n) is 7.01. The molecule has 1 amide bonds. The topological polar surface area (TPSA) is 207 Å². The van der Waals surface area contributed by atoms with Gasteiger partial charge in [-0.3, -0.25) is 4.79 Å². The van der Waals surface area contributed by atoms with Crippen LogP contribution >= 0.6 is 12.6 Å². The molecule has 0 unspecified atom stereocenters. The first kappa shape index (κ1) is 37.4. The molecule has 0 bridgehead atoms. The zero-order valence-corrected chi connectivity index (χ0v) is 25.5. The summed E-state index contributed by atoms with van der Waals surface area (Å²) in [5.41, 5.74) is -1.19. The van der Waals surface area contributed by atoms with Crippen molar-refractivity contribution in [1.29, 1.82) is 0 Å². The van der Waals surface area contributed by atoms with Crippen LogP contribution in [0.2, 0.25) is 0 Å². The van der Waals surface area contributed by atoms with Gasteiger partial charge in [0.2, 0.25) is 5.91 Å². The van der Waals surface area contributed by atoms with Crippen molar-refractivity contribution in [3.8, 4) is 0 Å². The van der Waals surface area contributed by atoms with Crippen molar-refractivity contribution in [2.75, 3.05) is 5.75 Å². The van der Waals surface area contributed by atoms with Crippen LogP contribution in [0.5, 0.6) is 0 Å². The van der Waals surface area contributed by atoms with Crippen molar-refractivity contribution in [3.05, 3.63) is 29.0 Å². The SMILES string of the molecule is CC(=O)N[C@@H](CS)C(=O)O.CC(C)(C)/[N+]([O-])=C\c1ccc(S(=O)(=O)[O-])cc1S(=O)(=O)[O-].[Na+].[Na+]. The van der Waals surface area contributed by atoms with E-state index in [1.807, 2.05) is 0 Å². The minimum absolute atomic E-state index is 0. The van der Waals surface area contributed by atoms with Gasteiger partial charge in [-0.15, -0.1) is 0 Å². The third kappa shape index (κ3) is 14.1. The van der Waals surface area contributed by atoms with E-state index >= 15 is 0 Å². The Morgan fingerprint density at radius 2 is 1.64 bits per heavy atom. The largest absolute Gasteiger partial charge is 1.00 e. The van der Waals surface area contributed by atoms with Crippen LogP contribution in [0.25, 0.3) is 0 Å². The molecule has 17 heteroatoms. The predicted octanol–water partition coefficient (Wildman–Crippen LogP) is -6.26. The Morgan fingerprint density at radius 1 is 1.15 bits per heavy atom. The average Bonchev–Trinajstić information content (AvgIpc) is 2.57. The molecule has 33 heavy (non-hydrogen) atoms. The van der Waals surface area contributed by atoms with Crippen molar-refractivity contribution in [1.82, 2.24) is 5.32 Å². The fourth-order valence-corrected chi connectivity index (χ4v) is 3.24. The fraction of sp³-hybridized carbons (Fsp3) is 0.438. The normalized spacial score (nSPS) is 12.8. The molecule has 0 aliphatic heterocycles. The Morgan fingerprint density at radius 3 is 1.91 bits per heavy atom. The number of nitrogens with zero attached hydrogens (tertiary/aromatic N) is 1. The molecular formula is C16H22N2Na2O10S3. The number of hydroxylamine groups is 1. The number of carbonyl (C=O) groups excluding carboxylic acids is 1. The number of amides is 1. The van der Waals surface area contributed by atoms with Crippen LogP contribution in [0.15, 0.2) is 28.0 Å². The fourth-order valence-electron chi connectivity index (χ4n) is 1.74. The monoisotopic (exact) mass is 544 g/mol. The number of aliphatic carboxylic acids is 1. The van der Waals surface area contributed by atoms with Gasteiger partial charge in [-0.1, -0.05) is 0 Å². The zero-order valence-electron chi connectivity index (χ0n) is 18.9. The van der Waals surface area contributed by atoms with Crippen molar-refractivity contribution < 1.29 is 104 Å². The Balaban J connectivity index is -0.000000642. The minimum atomic E-state index is -5.06. The van der Waals surface area contributed by atoms with Crippen LogP contribution in [-0.4, -0.2) is 71.2 Å². The molecule has 1 atom stereocenters. The van der Waals surface area contributed by atoms with Gasteiger partial charge in [0, 0.05) is 33.4 Å². The zero-order chi connectivity index (χ0) is 24.8. The summed E-state index contributed by atoms with van der Waals surface area (Å²) >= 11 is 3.73. The first-order chi connectivity index (χ1) is 13.8. The van der Waals surface area contributed by atoms with Gasteiger partial charge in [0.15, 0.2) is 11.8 Å². The number of rotatable bonds is 6. The van der Waals surface area contributed by atoms with Crippen molar-refractivity contribution in [2.45, 2.75) is 49.1 Å². The summed E-state index contributed by atoms with van der Waals surface area (Å²) in [6.07, 6.45) is 0.853. The van der Waals surface area contributed by atoms with Gasteiger partial charge in [-0.25, -0.2) is 26.4 Å². The van der Waals surface area contributed by atoms with E-state index in [0.717, 1.165) is 18.3 Å². The maximum absolute atomic E-state index is 11.8. The third-order valence-corrected chi connectivity index (χ3v) is 5.41. The van der Waals surface area contributed by atoms with E-state index in [1.54, 1.807) is 20.8 Å². The van der Waals surface area contributed by atoms with Crippen LogP contribution in [0.3, 0.4) is 0 Å². The molecule has 0 heterocycles. The van der Waals surface area contributed by atoms with E-state index in [-0.39, 0.29) is 76.3 Å². The quantitative estimate of drug-likeness (QED) is 0.0587. The average molecular weight is 545 g/mol. The molecule has 1 rings (SSSR count). The maximum Gasteiger partial charge on any atom is 1.00 e. The number of benzene rings is 1. The minimum Gasteiger partial charge on any atom is -0.744 e. The van der Waals surface area contributed by atoms with Gasteiger partial charge in [0.25, 0.3) is 0 Å². The molecule has 2 N–H and O–H groups in total. The molecule has 0 saturated carbocycles. The van der Waals surface area contributed by atoms with E-state index in [2.05, 4.69) is 17.9 Å². The van der Waals surface area contributed by atoms with Crippen LogP contribution in [0.4, 0.5) is 0 Å². The molecule has 0 aromatic heterocycles. The molecule has 0 aliphatic carbocycles. The number of carbonyl (C=O) groups is 2. The van der Waals surface area contributed by atoms with Gasteiger partial charge in [-0.2, -0.15) is 12.6 Å². The molecular weight excluding hydrogens is 522 g/mol. The predicted molar refractivity (Wildman–Crippen MR) is 110 cm³/mol. The Bertz CT molecular complexity index is 1070. The Labute approximate surface area is 242 Å². The summed E-state index contributed by atoms with van der Waals surface area (Å²) < 4.78 is 66.5. The second-order valence-corrected chi connectivity index (χ2v) is 10.1.